The number of Topliss-reactive ketones (excluding diaryl/α,β-unsaturated/α-hetero) is 1. The van der Waals surface area contributed by atoms with Crippen molar-refractivity contribution in [2.45, 2.75) is 32.6 Å². The zero-order chi connectivity index (χ0) is 19.0. The van der Waals surface area contributed by atoms with Gasteiger partial charge in [0, 0.05) is 38.5 Å². The molecule has 142 valence electrons. The molecule has 1 aliphatic carbocycles. The predicted octanol–water partition coefficient (Wildman–Crippen LogP) is 2.55. The number of aromatic nitrogens is 2. The number of carbonyl (C=O) groups is 1. The number of phenolic OH excluding ortho intramolecular Hbond substituents is 1. The van der Waals surface area contributed by atoms with Gasteiger partial charge in [0.05, 0.1) is 17.0 Å². The monoisotopic (exact) mass is 366 g/mol. The number of para-hydroxylation sites is 1. The zero-order valence-corrected chi connectivity index (χ0v) is 16.0. The summed E-state index contributed by atoms with van der Waals surface area (Å²) in [5, 5.41) is 10.2. The van der Waals surface area contributed by atoms with Crippen molar-refractivity contribution in [3.05, 3.63) is 46.8 Å². The molecule has 1 aromatic carbocycles. The third-order valence-electron chi connectivity index (χ3n) is 5.78. The fraction of sp³-hybridized carbons (Fsp3) is 0.476. The highest BCUT2D eigenvalue weighted by Gasteiger charge is 2.32. The molecule has 0 bridgehead atoms. The normalized spacial score (nSPS) is 20.6. The van der Waals surface area contributed by atoms with Crippen LogP contribution in [0.2, 0.25) is 0 Å². The van der Waals surface area contributed by atoms with Gasteiger partial charge in [0.1, 0.15) is 5.75 Å². The van der Waals surface area contributed by atoms with Crippen molar-refractivity contribution < 1.29 is 9.90 Å². The van der Waals surface area contributed by atoms with E-state index < -0.39 is 0 Å². The second-order valence-corrected chi connectivity index (χ2v) is 7.44. The van der Waals surface area contributed by atoms with Crippen molar-refractivity contribution in [2.24, 2.45) is 0 Å². The van der Waals surface area contributed by atoms with Gasteiger partial charge in [0.15, 0.2) is 5.78 Å². The molecular weight excluding hydrogens is 340 g/mol. The number of rotatable bonds is 3. The number of ketones is 1. The first-order valence-electron chi connectivity index (χ1n) is 9.72. The summed E-state index contributed by atoms with van der Waals surface area (Å²) in [5.74, 6) is 1.02. The minimum absolute atomic E-state index is 0.0368. The molecule has 0 radical (unpaired) electrons. The summed E-state index contributed by atoms with van der Waals surface area (Å²) in [4.78, 5) is 26.9. The van der Waals surface area contributed by atoms with Gasteiger partial charge >= 0.3 is 0 Å². The summed E-state index contributed by atoms with van der Waals surface area (Å²) in [7, 11) is 0. The molecule has 0 unspecified atom stereocenters. The fourth-order valence-corrected chi connectivity index (χ4v) is 4.22. The van der Waals surface area contributed by atoms with E-state index in [1.807, 2.05) is 19.1 Å². The molecule has 27 heavy (non-hydrogen) atoms. The van der Waals surface area contributed by atoms with Gasteiger partial charge in [0.25, 0.3) is 0 Å². The SMILES string of the molecule is CCN1CCN(c2nc(C)c3c(n2)C[C@H](c2ccccc2O)CC3=O)CC1. The number of nitrogens with zero attached hydrogens (tertiary/aromatic N) is 4. The van der Waals surface area contributed by atoms with Gasteiger partial charge in [-0.25, -0.2) is 9.97 Å². The van der Waals surface area contributed by atoms with E-state index in [9.17, 15) is 9.90 Å². The molecule has 6 nitrogen and oxygen atoms in total. The molecule has 1 fully saturated rings. The number of phenols is 1. The van der Waals surface area contributed by atoms with Crippen LogP contribution in [0.15, 0.2) is 24.3 Å². The summed E-state index contributed by atoms with van der Waals surface area (Å²) in [6, 6.07) is 7.28. The van der Waals surface area contributed by atoms with E-state index in [-0.39, 0.29) is 17.5 Å². The largest absolute Gasteiger partial charge is 0.508 e. The van der Waals surface area contributed by atoms with Crippen molar-refractivity contribution in [1.29, 1.82) is 0 Å². The van der Waals surface area contributed by atoms with Gasteiger partial charge in [-0.15, -0.1) is 0 Å². The number of hydrogen-bond acceptors (Lipinski definition) is 6. The highest BCUT2D eigenvalue weighted by molar-refractivity contribution is 5.99. The van der Waals surface area contributed by atoms with E-state index in [0.29, 0.717) is 18.4 Å². The molecule has 1 atom stereocenters. The minimum Gasteiger partial charge on any atom is -0.508 e. The molecule has 2 aromatic rings. The molecule has 1 aliphatic heterocycles. The first-order valence-corrected chi connectivity index (χ1v) is 9.72. The van der Waals surface area contributed by atoms with Crippen LogP contribution in [0.5, 0.6) is 5.75 Å². The number of aryl methyl sites for hydroxylation is 1. The molecular formula is C21H26N4O2. The Morgan fingerprint density at radius 1 is 1.11 bits per heavy atom. The van der Waals surface area contributed by atoms with Crippen molar-refractivity contribution >= 4 is 11.7 Å². The Hall–Kier alpha value is -2.47. The first kappa shape index (κ1) is 17.9. The second-order valence-electron chi connectivity index (χ2n) is 7.44. The minimum atomic E-state index is -0.0368. The summed E-state index contributed by atoms with van der Waals surface area (Å²) in [6.07, 6.45) is 1.05. The molecule has 1 aromatic heterocycles. The van der Waals surface area contributed by atoms with Crippen LogP contribution >= 0.6 is 0 Å². The van der Waals surface area contributed by atoms with Crippen LogP contribution in [0, 0.1) is 6.92 Å². The Bertz CT molecular complexity index is 859. The Morgan fingerprint density at radius 3 is 2.56 bits per heavy atom. The maximum Gasteiger partial charge on any atom is 0.225 e. The lowest BCUT2D eigenvalue weighted by atomic mass is 9.81. The molecule has 1 saturated heterocycles. The summed E-state index contributed by atoms with van der Waals surface area (Å²) >= 11 is 0. The van der Waals surface area contributed by atoms with Gasteiger partial charge in [-0.1, -0.05) is 25.1 Å². The standard InChI is InChI=1S/C21H26N4O2/c1-3-24-8-10-25(11-9-24)21-22-14(2)20-17(23-21)12-15(13-19(20)27)16-6-4-5-7-18(16)26/h4-7,15,26H,3,8-13H2,1-2H3/t15-/m0/s1. The molecule has 0 spiro atoms. The Balaban J connectivity index is 1.64. The number of anilines is 1. The quantitative estimate of drug-likeness (QED) is 0.900. The van der Waals surface area contributed by atoms with Crippen molar-refractivity contribution in [3.8, 4) is 5.75 Å². The summed E-state index contributed by atoms with van der Waals surface area (Å²) in [6.45, 7) is 8.98. The maximum absolute atomic E-state index is 12.8. The third kappa shape index (κ3) is 3.41. The smallest absolute Gasteiger partial charge is 0.225 e. The number of aromatic hydroxyl groups is 1. The van der Waals surface area contributed by atoms with E-state index in [1.165, 1.54) is 0 Å². The highest BCUT2D eigenvalue weighted by Crippen LogP contribution is 2.37. The van der Waals surface area contributed by atoms with Gasteiger partial charge < -0.3 is 14.9 Å². The number of likely N-dealkylation sites (N-methyl/N-ethyl adjacent to an activating group) is 1. The van der Waals surface area contributed by atoms with Crippen molar-refractivity contribution in [2.75, 3.05) is 37.6 Å². The number of fused-ring (bicyclic) bond motifs is 1. The lowest BCUT2D eigenvalue weighted by Gasteiger charge is -2.35. The first-order chi connectivity index (χ1) is 13.1. The van der Waals surface area contributed by atoms with Crippen LogP contribution in [0.1, 0.15) is 46.6 Å². The highest BCUT2D eigenvalue weighted by atomic mass is 16.3. The van der Waals surface area contributed by atoms with Gasteiger partial charge in [-0.2, -0.15) is 0 Å². The molecule has 6 heteroatoms. The molecule has 0 amide bonds. The van der Waals surface area contributed by atoms with E-state index in [2.05, 4.69) is 21.7 Å². The summed E-state index contributed by atoms with van der Waals surface area (Å²) < 4.78 is 0. The van der Waals surface area contributed by atoms with E-state index in [0.717, 1.165) is 55.6 Å². The van der Waals surface area contributed by atoms with Gasteiger partial charge in [0.2, 0.25) is 5.95 Å². The lowest BCUT2D eigenvalue weighted by molar-refractivity contribution is 0.0961. The van der Waals surface area contributed by atoms with E-state index >= 15 is 0 Å². The molecule has 2 heterocycles. The Morgan fingerprint density at radius 2 is 1.85 bits per heavy atom. The summed E-state index contributed by atoms with van der Waals surface area (Å²) in [5.41, 5.74) is 3.09. The van der Waals surface area contributed by atoms with Crippen LogP contribution < -0.4 is 4.90 Å². The average molecular weight is 366 g/mol. The maximum atomic E-state index is 12.8. The van der Waals surface area contributed by atoms with Gasteiger partial charge in [-0.05, 0) is 31.5 Å². The van der Waals surface area contributed by atoms with Crippen LogP contribution in [0.4, 0.5) is 5.95 Å². The molecule has 1 N–H and O–H groups in total. The number of benzene rings is 1. The number of piperazine rings is 1. The predicted molar refractivity (Wildman–Crippen MR) is 105 cm³/mol. The molecule has 2 aliphatic rings. The van der Waals surface area contributed by atoms with Crippen molar-refractivity contribution in [1.82, 2.24) is 14.9 Å². The molecule has 4 rings (SSSR count). The average Bonchev–Trinajstić information content (AvgIpc) is 2.67. The second kappa shape index (κ2) is 7.27. The number of hydrogen-bond donors (Lipinski definition) is 1. The lowest BCUT2D eigenvalue weighted by Crippen LogP contribution is -2.47. The van der Waals surface area contributed by atoms with Crippen LogP contribution in [0.3, 0.4) is 0 Å². The van der Waals surface area contributed by atoms with Crippen LogP contribution in [0.25, 0.3) is 0 Å². The van der Waals surface area contributed by atoms with Crippen LogP contribution in [-0.2, 0) is 6.42 Å². The number of carbonyl (C=O) groups excluding carboxylic acids is 1. The molecule has 0 saturated carbocycles. The van der Waals surface area contributed by atoms with E-state index in [1.54, 1.807) is 12.1 Å². The zero-order valence-electron chi connectivity index (χ0n) is 16.0. The Labute approximate surface area is 159 Å². The topological polar surface area (TPSA) is 69.6 Å². The van der Waals surface area contributed by atoms with Crippen LogP contribution in [-0.4, -0.2) is 58.5 Å². The third-order valence-corrected chi connectivity index (χ3v) is 5.78. The van der Waals surface area contributed by atoms with E-state index in [4.69, 9.17) is 4.98 Å². The van der Waals surface area contributed by atoms with Gasteiger partial charge in [-0.3, -0.25) is 4.79 Å². The fourth-order valence-electron chi connectivity index (χ4n) is 4.22. The van der Waals surface area contributed by atoms with Crippen molar-refractivity contribution in [3.63, 3.8) is 0 Å². The Kier molecular flexibility index (Phi) is 4.83.